The highest BCUT2D eigenvalue weighted by molar-refractivity contribution is 7.92. The average Bonchev–Trinajstić information content (AvgIpc) is 3.13. The van der Waals surface area contributed by atoms with Crippen molar-refractivity contribution < 1.29 is 22.9 Å². The summed E-state index contributed by atoms with van der Waals surface area (Å²) in [6, 6.07) is 4.04. The van der Waals surface area contributed by atoms with Crippen molar-refractivity contribution in [3.63, 3.8) is 0 Å². The molecule has 1 aromatic carbocycles. The Bertz CT molecular complexity index is 774. The molecule has 0 unspecified atom stereocenters. The zero-order valence-corrected chi connectivity index (χ0v) is 15.6. The summed E-state index contributed by atoms with van der Waals surface area (Å²) in [6.45, 7) is 0. The first-order valence-electron chi connectivity index (χ1n) is 8.35. The van der Waals surface area contributed by atoms with Crippen LogP contribution in [0.2, 0.25) is 0 Å². The van der Waals surface area contributed by atoms with Gasteiger partial charge in [0.05, 0.1) is 29.9 Å². The monoisotopic (exact) mass is 385 g/mol. The van der Waals surface area contributed by atoms with Crippen LogP contribution in [0.5, 0.6) is 0 Å². The van der Waals surface area contributed by atoms with Crippen LogP contribution < -0.4 is 9.62 Å². The SMILES string of the molecule is CNc1ccc(N(C2CCCC2)S(=O)(=O)CCC(=O)OC)cc1[N+](=O)[O-]. The maximum absolute atomic E-state index is 12.9. The molecule has 1 saturated carbocycles. The van der Waals surface area contributed by atoms with Gasteiger partial charge in [0.1, 0.15) is 5.69 Å². The van der Waals surface area contributed by atoms with Crippen LogP contribution >= 0.6 is 0 Å². The molecule has 0 saturated heterocycles. The van der Waals surface area contributed by atoms with Crippen molar-refractivity contribution in [2.24, 2.45) is 0 Å². The summed E-state index contributed by atoms with van der Waals surface area (Å²) in [6.07, 6.45) is 2.88. The fourth-order valence-electron chi connectivity index (χ4n) is 3.17. The highest BCUT2D eigenvalue weighted by atomic mass is 32.2. The maximum Gasteiger partial charge on any atom is 0.306 e. The van der Waals surface area contributed by atoms with Gasteiger partial charge in [-0.3, -0.25) is 19.2 Å². The lowest BCUT2D eigenvalue weighted by Gasteiger charge is -2.30. The van der Waals surface area contributed by atoms with Crippen molar-refractivity contribution in [3.05, 3.63) is 28.3 Å². The number of hydrogen-bond donors (Lipinski definition) is 1. The molecule has 0 radical (unpaired) electrons. The molecule has 10 heteroatoms. The summed E-state index contributed by atoms with van der Waals surface area (Å²) in [7, 11) is -1.08. The van der Waals surface area contributed by atoms with Crippen LogP contribution in [0.25, 0.3) is 0 Å². The summed E-state index contributed by atoms with van der Waals surface area (Å²) < 4.78 is 31.6. The number of nitro groups is 1. The molecule has 0 bridgehead atoms. The first-order chi connectivity index (χ1) is 12.3. The third kappa shape index (κ3) is 4.43. The number of ether oxygens (including phenoxy) is 1. The number of sulfonamides is 1. The van der Waals surface area contributed by atoms with Crippen molar-refractivity contribution in [2.45, 2.75) is 38.1 Å². The van der Waals surface area contributed by atoms with Crippen molar-refractivity contribution >= 4 is 33.1 Å². The molecule has 2 rings (SSSR count). The average molecular weight is 385 g/mol. The maximum atomic E-state index is 12.9. The minimum atomic E-state index is -3.84. The number of methoxy groups -OCH3 is 1. The Hall–Kier alpha value is -2.36. The van der Waals surface area contributed by atoms with Gasteiger partial charge in [-0.25, -0.2) is 8.42 Å². The summed E-state index contributed by atoms with van der Waals surface area (Å²) in [5, 5.41) is 14.0. The van der Waals surface area contributed by atoms with Crippen LogP contribution in [0, 0.1) is 10.1 Å². The highest BCUT2D eigenvalue weighted by Gasteiger charge is 2.33. The van der Waals surface area contributed by atoms with Gasteiger partial charge in [-0.05, 0) is 25.0 Å². The predicted molar refractivity (Wildman–Crippen MR) is 97.8 cm³/mol. The molecule has 9 nitrogen and oxygen atoms in total. The normalized spacial score (nSPS) is 14.8. The second-order valence-electron chi connectivity index (χ2n) is 6.08. The lowest BCUT2D eigenvalue weighted by Crippen LogP contribution is -2.40. The van der Waals surface area contributed by atoms with E-state index in [0.29, 0.717) is 18.5 Å². The zero-order valence-electron chi connectivity index (χ0n) is 14.8. The predicted octanol–water partition coefficient (Wildman–Crippen LogP) is 2.28. The van der Waals surface area contributed by atoms with Crippen molar-refractivity contribution in [1.82, 2.24) is 0 Å². The lowest BCUT2D eigenvalue weighted by atomic mass is 10.2. The Morgan fingerprint density at radius 2 is 2.04 bits per heavy atom. The number of rotatable bonds is 8. The first kappa shape index (κ1) is 20.0. The number of carbonyl (C=O) groups is 1. The van der Waals surface area contributed by atoms with Gasteiger partial charge in [-0.1, -0.05) is 12.8 Å². The largest absolute Gasteiger partial charge is 0.469 e. The van der Waals surface area contributed by atoms with E-state index in [1.165, 1.54) is 23.5 Å². The molecule has 1 fully saturated rings. The van der Waals surface area contributed by atoms with E-state index in [-0.39, 0.29) is 23.8 Å². The molecule has 0 amide bonds. The summed E-state index contributed by atoms with van der Waals surface area (Å²) in [4.78, 5) is 22.1. The van der Waals surface area contributed by atoms with E-state index >= 15 is 0 Å². The van der Waals surface area contributed by atoms with Crippen molar-refractivity contribution in [3.8, 4) is 0 Å². The molecule has 0 heterocycles. The standard InChI is InChI=1S/C16H23N3O6S/c1-17-14-8-7-13(11-15(14)19(21)22)18(12-5-3-4-6-12)26(23,24)10-9-16(20)25-2/h7-8,11-12,17H,3-6,9-10H2,1-2H3. The van der Waals surface area contributed by atoms with Gasteiger partial charge in [0.25, 0.3) is 5.69 Å². The van der Waals surface area contributed by atoms with E-state index in [0.717, 1.165) is 12.8 Å². The van der Waals surface area contributed by atoms with Gasteiger partial charge in [-0.2, -0.15) is 0 Å². The quantitative estimate of drug-likeness (QED) is 0.414. The van der Waals surface area contributed by atoms with Crippen LogP contribution in [0.15, 0.2) is 18.2 Å². The molecular formula is C16H23N3O6S. The topological polar surface area (TPSA) is 119 Å². The molecule has 1 aliphatic carbocycles. The van der Waals surface area contributed by atoms with E-state index in [1.54, 1.807) is 13.1 Å². The zero-order chi connectivity index (χ0) is 19.3. The third-order valence-electron chi connectivity index (χ3n) is 4.45. The van der Waals surface area contributed by atoms with Crippen LogP contribution in [0.1, 0.15) is 32.1 Å². The minimum absolute atomic E-state index is 0.198. The van der Waals surface area contributed by atoms with Crippen LogP contribution in [0.4, 0.5) is 17.1 Å². The van der Waals surface area contributed by atoms with Crippen molar-refractivity contribution in [1.29, 1.82) is 0 Å². The molecule has 0 spiro atoms. The number of anilines is 2. The number of carbonyl (C=O) groups excluding carboxylic acids is 1. The van der Waals surface area contributed by atoms with Crippen LogP contribution in [0.3, 0.4) is 0 Å². The van der Waals surface area contributed by atoms with E-state index in [2.05, 4.69) is 10.1 Å². The molecule has 1 N–H and O–H groups in total. The second-order valence-corrected chi connectivity index (χ2v) is 8.05. The fourth-order valence-corrected chi connectivity index (χ4v) is 4.89. The molecule has 1 aliphatic rings. The van der Waals surface area contributed by atoms with Gasteiger partial charge in [0.15, 0.2) is 0 Å². The summed E-state index contributed by atoms with van der Waals surface area (Å²) in [5.74, 6) is -1.02. The minimum Gasteiger partial charge on any atom is -0.469 e. The smallest absolute Gasteiger partial charge is 0.306 e. The van der Waals surface area contributed by atoms with E-state index in [9.17, 15) is 23.3 Å². The van der Waals surface area contributed by atoms with Crippen LogP contribution in [-0.4, -0.2) is 45.3 Å². The number of benzene rings is 1. The first-order valence-corrected chi connectivity index (χ1v) is 9.96. The Balaban J connectivity index is 2.43. The lowest BCUT2D eigenvalue weighted by molar-refractivity contribution is -0.383. The molecular weight excluding hydrogens is 362 g/mol. The number of nitrogens with zero attached hydrogens (tertiary/aromatic N) is 2. The Morgan fingerprint density at radius 1 is 1.38 bits per heavy atom. The number of nitrogens with one attached hydrogen (secondary N) is 1. The third-order valence-corrected chi connectivity index (χ3v) is 6.28. The Labute approximate surface area is 152 Å². The molecule has 1 aromatic rings. The number of hydrogen-bond acceptors (Lipinski definition) is 7. The molecule has 0 aliphatic heterocycles. The molecule has 0 aromatic heterocycles. The Kier molecular flexibility index (Phi) is 6.41. The highest BCUT2D eigenvalue weighted by Crippen LogP contribution is 2.35. The van der Waals surface area contributed by atoms with E-state index in [4.69, 9.17) is 0 Å². The van der Waals surface area contributed by atoms with Gasteiger partial charge in [0.2, 0.25) is 10.0 Å². The molecule has 26 heavy (non-hydrogen) atoms. The van der Waals surface area contributed by atoms with Crippen molar-refractivity contribution in [2.75, 3.05) is 29.5 Å². The summed E-state index contributed by atoms with van der Waals surface area (Å²) >= 11 is 0. The molecule has 0 atom stereocenters. The molecule has 144 valence electrons. The number of nitro benzene ring substituents is 1. The van der Waals surface area contributed by atoms with Gasteiger partial charge >= 0.3 is 5.97 Å². The van der Waals surface area contributed by atoms with Gasteiger partial charge in [-0.15, -0.1) is 0 Å². The van der Waals surface area contributed by atoms with Gasteiger partial charge in [0, 0.05) is 19.2 Å². The number of esters is 1. The summed E-state index contributed by atoms with van der Waals surface area (Å²) in [5.41, 5.74) is 0.348. The second kappa shape index (κ2) is 8.35. The van der Waals surface area contributed by atoms with E-state index in [1.807, 2.05) is 0 Å². The fraction of sp³-hybridized carbons (Fsp3) is 0.562. The van der Waals surface area contributed by atoms with E-state index < -0.39 is 26.7 Å². The van der Waals surface area contributed by atoms with Crippen LogP contribution in [-0.2, 0) is 19.6 Å². The van der Waals surface area contributed by atoms with Gasteiger partial charge < -0.3 is 10.1 Å². The Morgan fingerprint density at radius 3 is 2.58 bits per heavy atom.